The summed E-state index contributed by atoms with van der Waals surface area (Å²) in [6.45, 7) is 0.842. The fourth-order valence-corrected chi connectivity index (χ4v) is 5.75. The van der Waals surface area contributed by atoms with Crippen LogP contribution < -0.4 is 10.1 Å². The predicted octanol–water partition coefficient (Wildman–Crippen LogP) is 5.58. The Kier molecular flexibility index (Phi) is 6.55. The third kappa shape index (κ3) is 4.67. The van der Waals surface area contributed by atoms with Crippen LogP contribution in [0.15, 0.2) is 48.9 Å². The van der Waals surface area contributed by atoms with Crippen LogP contribution in [0.4, 0.5) is 8.78 Å². The van der Waals surface area contributed by atoms with E-state index in [1.807, 2.05) is 24.4 Å². The lowest BCUT2D eigenvalue weighted by Gasteiger charge is -2.28. The number of fused-ring (bicyclic) bond motifs is 3. The summed E-state index contributed by atoms with van der Waals surface area (Å²) >= 11 is 5.82. The predicted molar refractivity (Wildman–Crippen MR) is 126 cm³/mol. The number of aromatic nitrogens is 2. The molecule has 2 heterocycles. The summed E-state index contributed by atoms with van der Waals surface area (Å²) in [5.74, 6) is 0.337. The van der Waals surface area contributed by atoms with Crippen molar-refractivity contribution < 1.29 is 18.3 Å². The van der Waals surface area contributed by atoms with Gasteiger partial charge in [0.15, 0.2) is 11.6 Å². The molecule has 3 aromatic rings. The van der Waals surface area contributed by atoms with E-state index in [0.29, 0.717) is 35.2 Å². The van der Waals surface area contributed by atoms with Gasteiger partial charge >= 0.3 is 0 Å². The molecule has 3 aliphatic rings. The Balaban J connectivity index is 0.000000183. The summed E-state index contributed by atoms with van der Waals surface area (Å²) < 4.78 is 33.9. The van der Waals surface area contributed by atoms with E-state index in [1.54, 1.807) is 6.33 Å². The van der Waals surface area contributed by atoms with Gasteiger partial charge in [-0.3, -0.25) is 4.79 Å². The second kappa shape index (κ2) is 9.74. The van der Waals surface area contributed by atoms with Crippen molar-refractivity contribution in [1.29, 1.82) is 0 Å². The number of benzene rings is 2. The highest BCUT2D eigenvalue weighted by Gasteiger charge is 2.46. The highest BCUT2D eigenvalue weighted by atomic mass is 35.5. The summed E-state index contributed by atoms with van der Waals surface area (Å²) in [6.07, 6.45) is 9.79. The van der Waals surface area contributed by atoms with Crippen molar-refractivity contribution in [3.63, 3.8) is 0 Å². The molecule has 0 radical (unpaired) electrons. The summed E-state index contributed by atoms with van der Waals surface area (Å²) in [5, 5.41) is 3.71. The highest BCUT2D eigenvalue weighted by molar-refractivity contribution is 6.30. The van der Waals surface area contributed by atoms with Crippen LogP contribution in [0.1, 0.15) is 37.3 Å². The van der Waals surface area contributed by atoms with Crippen molar-refractivity contribution in [1.82, 2.24) is 14.9 Å². The lowest BCUT2D eigenvalue weighted by atomic mass is 9.91. The molecule has 4 atom stereocenters. The minimum Gasteiger partial charge on any atom is -0.493 e. The second-order valence-corrected chi connectivity index (χ2v) is 9.66. The Labute approximate surface area is 202 Å². The minimum absolute atomic E-state index is 0.294. The monoisotopic (exact) mass is 485 g/mol. The van der Waals surface area contributed by atoms with Crippen molar-refractivity contribution in [2.75, 3.05) is 6.61 Å². The van der Waals surface area contributed by atoms with Gasteiger partial charge in [-0.25, -0.2) is 13.8 Å². The van der Waals surface area contributed by atoms with Gasteiger partial charge in [0, 0.05) is 28.9 Å². The van der Waals surface area contributed by atoms with Crippen molar-refractivity contribution in [2.45, 2.75) is 44.2 Å². The number of aryl methyl sites for hydroxylation is 1. The number of imidazole rings is 1. The van der Waals surface area contributed by atoms with Crippen LogP contribution >= 0.6 is 11.6 Å². The molecule has 0 saturated heterocycles. The summed E-state index contributed by atoms with van der Waals surface area (Å²) in [4.78, 5) is 15.0. The molecule has 1 N–H and O–H groups in total. The quantitative estimate of drug-likeness (QED) is 0.491. The zero-order chi connectivity index (χ0) is 23.7. The smallest absolute Gasteiger partial charge is 0.207 e. The van der Waals surface area contributed by atoms with Gasteiger partial charge in [0.05, 0.1) is 18.6 Å². The summed E-state index contributed by atoms with van der Waals surface area (Å²) in [6, 6.07) is 10.3. The molecule has 2 fully saturated rings. The Morgan fingerprint density at radius 2 is 1.97 bits per heavy atom. The van der Waals surface area contributed by atoms with Gasteiger partial charge in [0.1, 0.15) is 5.75 Å². The number of amides is 1. The van der Waals surface area contributed by atoms with Gasteiger partial charge in [-0.15, -0.1) is 0 Å². The van der Waals surface area contributed by atoms with Gasteiger partial charge in [0.25, 0.3) is 0 Å². The molecule has 34 heavy (non-hydrogen) atoms. The molecule has 4 unspecified atom stereocenters. The number of halogens is 3. The van der Waals surface area contributed by atoms with Crippen LogP contribution in [-0.2, 0) is 11.2 Å². The maximum atomic E-state index is 13.4. The molecule has 2 aliphatic carbocycles. The van der Waals surface area contributed by atoms with Crippen LogP contribution in [0, 0.1) is 23.5 Å². The second-order valence-electron chi connectivity index (χ2n) is 9.22. The molecule has 2 saturated carbocycles. The van der Waals surface area contributed by atoms with E-state index >= 15 is 0 Å². The van der Waals surface area contributed by atoms with Crippen molar-refractivity contribution in [3.05, 3.63) is 71.1 Å². The van der Waals surface area contributed by atoms with Crippen LogP contribution in [0.3, 0.4) is 0 Å². The van der Waals surface area contributed by atoms with E-state index < -0.39 is 11.6 Å². The third-order valence-corrected chi connectivity index (χ3v) is 7.41. The number of nitrogens with one attached hydrogen (secondary N) is 1. The first kappa shape index (κ1) is 22.8. The largest absolute Gasteiger partial charge is 0.493 e. The molecule has 2 aromatic carbocycles. The van der Waals surface area contributed by atoms with Crippen LogP contribution in [0.2, 0.25) is 5.02 Å². The highest BCUT2D eigenvalue weighted by Crippen LogP contribution is 2.50. The SMILES string of the molecule is Clc1ccc2c(c1)CCCO2.O=CNC1CC2CC1CC2n1cnc(-c2ccc(F)c(F)c2)c1. The van der Waals surface area contributed by atoms with E-state index in [9.17, 15) is 13.6 Å². The maximum Gasteiger partial charge on any atom is 0.207 e. The number of rotatable bonds is 4. The van der Waals surface area contributed by atoms with Crippen LogP contribution in [0.5, 0.6) is 5.75 Å². The molecular weight excluding hydrogens is 460 g/mol. The van der Waals surface area contributed by atoms with Crippen molar-refractivity contribution in [3.8, 4) is 17.0 Å². The zero-order valence-corrected chi connectivity index (χ0v) is 19.3. The van der Waals surface area contributed by atoms with Gasteiger partial charge in [0.2, 0.25) is 6.41 Å². The Bertz CT molecular complexity index is 1180. The third-order valence-electron chi connectivity index (χ3n) is 7.17. The molecule has 1 amide bonds. The lowest BCUT2D eigenvalue weighted by molar-refractivity contribution is -0.110. The Morgan fingerprint density at radius 1 is 1.09 bits per heavy atom. The Hall–Kier alpha value is -2.93. The maximum absolute atomic E-state index is 13.4. The van der Waals surface area contributed by atoms with E-state index in [2.05, 4.69) is 14.9 Å². The van der Waals surface area contributed by atoms with Gasteiger partial charge in [-0.2, -0.15) is 0 Å². The molecule has 178 valence electrons. The topological polar surface area (TPSA) is 56.1 Å². The lowest BCUT2D eigenvalue weighted by Crippen LogP contribution is -2.35. The molecule has 8 heteroatoms. The number of carbonyl (C=O) groups excluding carboxylic acids is 1. The molecule has 1 aromatic heterocycles. The fraction of sp³-hybridized carbons (Fsp3) is 0.385. The van der Waals surface area contributed by atoms with Crippen LogP contribution in [-0.4, -0.2) is 28.6 Å². The number of ether oxygens (including phenoxy) is 1. The van der Waals surface area contributed by atoms with Gasteiger partial charge < -0.3 is 14.6 Å². The standard InChI is InChI=1S/C17H17F2N3O.C9H9ClO/c18-13-2-1-10(4-14(13)19)16-7-22(8-20-16)17-6-11-3-12(17)5-15(11)21-9-23;10-8-3-4-9-7(6-8)2-1-5-11-9/h1-2,4,7-9,11-12,15,17H,3,5-6H2,(H,21,23);3-4,6H,1-2,5H2. The van der Waals surface area contributed by atoms with Crippen molar-refractivity contribution in [2.24, 2.45) is 11.8 Å². The van der Waals surface area contributed by atoms with E-state index in [1.165, 1.54) is 17.7 Å². The van der Waals surface area contributed by atoms with E-state index in [0.717, 1.165) is 62.0 Å². The molecular formula is C26H26ClF2N3O2. The first-order valence-corrected chi connectivity index (χ1v) is 12.0. The minimum atomic E-state index is -0.861. The first-order chi connectivity index (χ1) is 16.5. The molecule has 5 nitrogen and oxygen atoms in total. The first-order valence-electron chi connectivity index (χ1n) is 11.6. The zero-order valence-electron chi connectivity index (χ0n) is 18.6. The number of hydrogen-bond acceptors (Lipinski definition) is 3. The van der Waals surface area contributed by atoms with Gasteiger partial charge in [-0.1, -0.05) is 11.6 Å². The number of nitrogens with zero attached hydrogens (tertiary/aromatic N) is 2. The fourth-order valence-electron chi connectivity index (χ4n) is 5.55. The molecule has 1 aliphatic heterocycles. The summed E-state index contributed by atoms with van der Waals surface area (Å²) in [5.41, 5.74) is 2.46. The molecule has 6 rings (SSSR count). The van der Waals surface area contributed by atoms with Crippen LogP contribution in [0.25, 0.3) is 11.3 Å². The van der Waals surface area contributed by atoms with Gasteiger partial charge in [-0.05, 0) is 85.9 Å². The average molecular weight is 486 g/mol. The molecule has 2 bridgehead atoms. The normalized spacial score (nSPS) is 24.6. The van der Waals surface area contributed by atoms with Crippen molar-refractivity contribution >= 4 is 18.0 Å². The average Bonchev–Trinajstić information content (AvgIpc) is 3.57. The van der Waals surface area contributed by atoms with E-state index in [4.69, 9.17) is 16.3 Å². The number of hydrogen-bond donors (Lipinski definition) is 1. The molecule has 0 spiro atoms. The number of carbonyl (C=O) groups is 1. The summed E-state index contributed by atoms with van der Waals surface area (Å²) in [7, 11) is 0. The van der Waals surface area contributed by atoms with E-state index in [-0.39, 0.29) is 0 Å². The Morgan fingerprint density at radius 3 is 2.74 bits per heavy atom.